The number of hydrogen-bond donors (Lipinski definition) is 0. The quantitative estimate of drug-likeness (QED) is 0.161. The zero-order chi connectivity index (χ0) is 31.1. The molecule has 0 N–H and O–H groups in total. The molecule has 0 bridgehead atoms. The normalized spacial score (nSPS) is 19.5. The summed E-state index contributed by atoms with van der Waals surface area (Å²) in [6.07, 6.45) is -1.15. The maximum atomic E-state index is 15.5. The zero-order valence-electron chi connectivity index (χ0n) is 22.7. The molecule has 228 valence electrons. The van der Waals surface area contributed by atoms with E-state index in [2.05, 4.69) is 14.8 Å². The van der Waals surface area contributed by atoms with Crippen LogP contribution in [0.3, 0.4) is 0 Å². The van der Waals surface area contributed by atoms with Gasteiger partial charge in [-0.05, 0) is 50.9 Å². The van der Waals surface area contributed by atoms with E-state index in [0.29, 0.717) is 24.8 Å². The SMILES string of the molecule is CN(C)[C@H]1C[C@@H](c2cccc(C(F)(F)F)c2)CC[C@@H]1n1c(=O)oc2cc(S(=O)(=O)N(OC=O)c3ccncn3)c(F)cc21. The molecule has 43 heavy (non-hydrogen) atoms. The fourth-order valence-electron chi connectivity index (χ4n) is 5.56. The number of nitrogens with zero attached hydrogens (tertiary/aromatic N) is 5. The Balaban J connectivity index is 1.51. The Morgan fingerprint density at radius 1 is 1.14 bits per heavy atom. The van der Waals surface area contributed by atoms with Crippen molar-refractivity contribution in [1.29, 1.82) is 0 Å². The van der Waals surface area contributed by atoms with Gasteiger partial charge in [0.1, 0.15) is 17.0 Å². The Morgan fingerprint density at radius 3 is 2.56 bits per heavy atom. The van der Waals surface area contributed by atoms with Gasteiger partial charge in [0, 0.05) is 30.4 Å². The summed E-state index contributed by atoms with van der Waals surface area (Å²) >= 11 is 0. The molecule has 1 fully saturated rings. The lowest BCUT2D eigenvalue weighted by Gasteiger charge is -2.40. The highest BCUT2D eigenvalue weighted by Gasteiger charge is 2.38. The number of aromatic nitrogens is 3. The summed E-state index contributed by atoms with van der Waals surface area (Å²) in [4.78, 5) is 37.1. The number of carbonyl (C=O) groups is 1. The molecule has 0 aliphatic heterocycles. The number of sulfonamides is 1. The number of likely N-dealkylation sites (N-methyl/N-ethyl adjacent to an activating group) is 1. The van der Waals surface area contributed by atoms with Crippen molar-refractivity contribution in [2.45, 2.75) is 48.3 Å². The molecular weight excluding hydrogens is 598 g/mol. The second kappa shape index (κ2) is 11.4. The average Bonchev–Trinajstić information content (AvgIpc) is 3.29. The standard InChI is InChI=1S/C27H25F4N5O6S/c1-34(2)21-11-17(16-4-3-5-18(10-16)27(29,30)31)6-7-20(21)35-22-12-19(28)24(13-23(22)42-26(35)38)43(39,40)36(41-15-37)25-8-9-32-14-33-25/h3-5,8-10,12-15,17,20-21H,6-7,11H2,1-2H3/t17-,20-,21-/m0/s1. The molecule has 0 amide bonds. The van der Waals surface area contributed by atoms with E-state index >= 15 is 4.39 Å². The lowest BCUT2D eigenvalue weighted by Crippen LogP contribution is -2.43. The number of benzene rings is 2. The molecule has 3 atom stereocenters. The predicted molar refractivity (Wildman–Crippen MR) is 144 cm³/mol. The van der Waals surface area contributed by atoms with Gasteiger partial charge in [0.25, 0.3) is 10.0 Å². The van der Waals surface area contributed by atoms with Crippen molar-refractivity contribution >= 4 is 33.4 Å². The monoisotopic (exact) mass is 623 g/mol. The van der Waals surface area contributed by atoms with Gasteiger partial charge < -0.3 is 14.2 Å². The molecule has 11 nitrogen and oxygen atoms in total. The summed E-state index contributed by atoms with van der Waals surface area (Å²) in [5.74, 6) is -2.74. The van der Waals surface area contributed by atoms with Gasteiger partial charge in [0.2, 0.25) is 0 Å². The Bertz CT molecular complexity index is 1810. The van der Waals surface area contributed by atoms with Crippen LogP contribution >= 0.6 is 0 Å². The molecule has 1 saturated carbocycles. The first kappa shape index (κ1) is 30.2. The Labute approximate surface area is 242 Å². The van der Waals surface area contributed by atoms with E-state index in [9.17, 15) is 31.2 Å². The van der Waals surface area contributed by atoms with Gasteiger partial charge in [-0.15, -0.1) is 0 Å². The second-order valence-electron chi connectivity index (χ2n) is 10.2. The van der Waals surface area contributed by atoms with Gasteiger partial charge in [-0.2, -0.15) is 21.6 Å². The van der Waals surface area contributed by atoms with E-state index in [0.717, 1.165) is 36.7 Å². The second-order valence-corrected chi connectivity index (χ2v) is 11.9. The van der Waals surface area contributed by atoms with Gasteiger partial charge >= 0.3 is 18.4 Å². The number of alkyl halides is 3. The smallest absolute Gasteiger partial charge is 0.408 e. The maximum absolute atomic E-state index is 15.5. The molecule has 2 aromatic heterocycles. The van der Waals surface area contributed by atoms with Gasteiger partial charge in [-0.25, -0.2) is 19.2 Å². The van der Waals surface area contributed by atoms with Crippen LogP contribution in [-0.4, -0.2) is 54.5 Å². The lowest BCUT2D eigenvalue weighted by atomic mass is 9.77. The Hall–Kier alpha value is -4.31. The maximum Gasteiger partial charge on any atom is 0.420 e. The van der Waals surface area contributed by atoms with E-state index < -0.39 is 44.3 Å². The third kappa shape index (κ3) is 5.71. The van der Waals surface area contributed by atoms with Crippen molar-refractivity contribution in [3.05, 3.63) is 82.5 Å². The molecule has 2 heterocycles. The summed E-state index contributed by atoms with van der Waals surface area (Å²) < 4.78 is 88.9. The van der Waals surface area contributed by atoms with Crippen molar-refractivity contribution in [2.24, 2.45) is 0 Å². The number of halogens is 4. The van der Waals surface area contributed by atoms with Gasteiger partial charge in [-0.3, -0.25) is 9.36 Å². The first-order valence-corrected chi connectivity index (χ1v) is 14.4. The fraction of sp³-hybridized carbons (Fsp3) is 0.333. The molecule has 0 radical (unpaired) electrons. The van der Waals surface area contributed by atoms with E-state index in [1.54, 1.807) is 20.2 Å². The van der Waals surface area contributed by atoms with Gasteiger partial charge in [-0.1, -0.05) is 22.7 Å². The minimum absolute atomic E-state index is 0.0132. The number of fused-ring (bicyclic) bond motifs is 1. The van der Waals surface area contributed by atoms with Crippen LogP contribution in [0.25, 0.3) is 11.1 Å². The summed E-state index contributed by atoms with van der Waals surface area (Å²) in [5.41, 5.74) is -0.475. The highest BCUT2D eigenvalue weighted by molar-refractivity contribution is 7.92. The Kier molecular flexibility index (Phi) is 8.00. The zero-order valence-corrected chi connectivity index (χ0v) is 23.5. The highest BCUT2D eigenvalue weighted by atomic mass is 32.2. The van der Waals surface area contributed by atoms with Crippen LogP contribution in [0.1, 0.15) is 42.3 Å². The number of anilines is 1. The summed E-state index contributed by atoms with van der Waals surface area (Å²) in [6.45, 7) is -0.177. The average molecular weight is 624 g/mol. The first-order valence-electron chi connectivity index (χ1n) is 12.9. The summed E-state index contributed by atoms with van der Waals surface area (Å²) in [7, 11) is -1.36. The van der Waals surface area contributed by atoms with Crippen LogP contribution in [0, 0.1) is 5.82 Å². The van der Waals surface area contributed by atoms with Crippen LogP contribution in [0.2, 0.25) is 0 Å². The molecule has 1 aliphatic carbocycles. The molecule has 4 aromatic rings. The van der Waals surface area contributed by atoms with Crippen LogP contribution in [0.4, 0.5) is 23.4 Å². The highest BCUT2D eigenvalue weighted by Crippen LogP contribution is 2.42. The van der Waals surface area contributed by atoms with Crippen LogP contribution < -0.4 is 10.2 Å². The topological polar surface area (TPSA) is 128 Å². The molecular formula is C27H25F4N5O6S. The van der Waals surface area contributed by atoms with Crippen molar-refractivity contribution in [3.8, 4) is 0 Å². The van der Waals surface area contributed by atoms with Crippen molar-refractivity contribution in [2.75, 3.05) is 18.6 Å². The molecule has 16 heteroatoms. The van der Waals surface area contributed by atoms with Crippen molar-refractivity contribution < 1.29 is 40.0 Å². The molecule has 2 aromatic carbocycles. The lowest BCUT2D eigenvalue weighted by molar-refractivity contribution is -0.137. The van der Waals surface area contributed by atoms with Crippen molar-refractivity contribution in [3.63, 3.8) is 0 Å². The fourth-order valence-corrected chi connectivity index (χ4v) is 6.80. The molecule has 1 aliphatic rings. The number of oxazole rings is 1. The van der Waals surface area contributed by atoms with Gasteiger partial charge in [0.05, 0.1) is 17.1 Å². The molecule has 5 rings (SSSR count). The Morgan fingerprint density at radius 2 is 1.91 bits per heavy atom. The summed E-state index contributed by atoms with van der Waals surface area (Å²) in [5, 5.41) is 0. The molecule has 0 unspecified atom stereocenters. The minimum Gasteiger partial charge on any atom is -0.408 e. The van der Waals surface area contributed by atoms with Crippen LogP contribution in [0.5, 0.6) is 0 Å². The van der Waals surface area contributed by atoms with E-state index in [1.165, 1.54) is 16.8 Å². The van der Waals surface area contributed by atoms with E-state index in [-0.39, 0.29) is 39.8 Å². The van der Waals surface area contributed by atoms with Crippen molar-refractivity contribution in [1.82, 2.24) is 19.4 Å². The number of rotatable bonds is 8. The first-order chi connectivity index (χ1) is 20.3. The predicted octanol–water partition coefficient (Wildman–Crippen LogP) is 4.26. The van der Waals surface area contributed by atoms with Gasteiger partial charge in [0.15, 0.2) is 11.4 Å². The third-order valence-corrected chi connectivity index (χ3v) is 9.10. The summed E-state index contributed by atoms with van der Waals surface area (Å²) in [6, 6.07) is 6.99. The number of hydrogen-bond acceptors (Lipinski definition) is 9. The molecule has 0 saturated heterocycles. The minimum atomic E-state index is -4.89. The third-order valence-electron chi connectivity index (χ3n) is 7.52. The van der Waals surface area contributed by atoms with Crippen LogP contribution in [-0.2, 0) is 25.8 Å². The number of carbonyl (C=O) groups excluding carboxylic acids is 1. The van der Waals surface area contributed by atoms with Crippen LogP contribution in [0.15, 0.2) is 69.1 Å². The molecule has 0 spiro atoms. The van der Waals surface area contributed by atoms with E-state index in [1.807, 2.05) is 4.90 Å². The van der Waals surface area contributed by atoms with E-state index in [4.69, 9.17) is 4.42 Å². The largest absolute Gasteiger partial charge is 0.420 e.